The number of aromatic nitrogens is 3. The number of fused-ring (bicyclic) bond motifs is 1. The molecule has 0 atom stereocenters. The molecule has 5 rings (SSSR count). The summed E-state index contributed by atoms with van der Waals surface area (Å²) in [4.78, 5) is 25.2. The summed E-state index contributed by atoms with van der Waals surface area (Å²) in [7, 11) is 0. The fraction of sp³-hybridized carbons (Fsp3) is 0.133. The van der Waals surface area contributed by atoms with Gasteiger partial charge in [0.25, 0.3) is 0 Å². The van der Waals surface area contributed by atoms with Crippen molar-refractivity contribution in [3.8, 4) is 0 Å². The molecule has 0 bridgehead atoms. The third-order valence-corrected chi connectivity index (χ3v) is 6.90. The monoisotopic (exact) mass is 506 g/mol. The van der Waals surface area contributed by atoms with Gasteiger partial charge < -0.3 is 10.4 Å². The molecule has 37 heavy (non-hydrogen) atoms. The van der Waals surface area contributed by atoms with Gasteiger partial charge in [-0.05, 0) is 59.5 Å². The van der Waals surface area contributed by atoms with Crippen molar-refractivity contribution >= 4 is 45.2 Å². The Morgan fingerprint density at radius 3 is 2.38 bits per heavy atom. The molecular weight excluding hydrogens is 480 g/mol. The first-order valence-corrected chi connectivity index (χ1v) is 12.9. The summed E-state index contributed by atoms with van der Waals surface area (Å²) in [5.74, 6) is -0.455. The normalized spacial score (nSPS) is 11.3. The van der Waals surface area contributed by atoms with E-state index in [1.54, 1.807) is 17.4 Å². The van der Waals surface area contributed by atoms with E-state index < -0.39 is 5.97 Å². The Hall–Kier alpha value is -4.36. The Kier molecular flexibility index (Phi) is 7.33. The van der Waals surface area contributed by atoms with Crippen LogP contribution in [0.5, 0.6) is 0 Å². The number of hydrogen-bond acceptors (Lipinski definition) is 6. The molecule has 3 aromatic carbocycles. The summed E-state index contributed by atoms with van der Waals surface area (Å²) >= 11 is 1.71. The topological polar surface area (TPSA) is 88.0 Å². The number of hydrogen-bond donors (Lipinski definition) is 2. The van der Waals surface area contributed by atoms with Crippen molar-refractivity contribution in [1.29, 1.82) is 0 Å². The first-order chi connectivity index (χ1) is 18.0. The summed E-state index contributed by atoms with van der Waals surface area (Å²) < 4.78 is 1.20. The molecule has 0 spiro atoms. The van der Waals surface area contributed by atoms with Crippen LogP contribution in [0.15, 0.2) is 84.9 Å². The first-order valence-electron chi connectivity index (χ1n) is 12.1. The lowest BCUT2D eigenvalue weighted by molar-refractivity contribution is -0.131. The lowest BCUT2D eigenvalue weighted by Crippen LogP contribution is -2.05. The second-order valence-electron chi connectivity index (χ2n) is 8.70. The van der Waals surface area contributed by atoms with E-state index in [2.05, 4.69) is 48.6 Å². The Labute approximate surface area is 219 Å². The summed E-state index contributed by atoms with van der Waals surface area (Å²) in [6.45, 7) is 2.16. The van der Waals surface area contributed by atoms with Gasteiger partial charge in [-0.15, -0.1) is 11.3 Å². The van der Waals surface area contributed by atoms with Crippen LogP contribution in [0.2, 0.25) is 0 Å². The van der Waals surface area contributed by atoms with Gasteiger partial charge in [-0.3, -0.25) is 0 Å². The number of carboxylic acids is 1. The molecule has 0 aliphatic heterocycles. The molecule has 0 aliphatic rings. The maximum Gasteiger partial charge on any atom is 0.328 e. The van der Waals surface area contributed by atoms with Crippen LogP contribution in [0, 0.1) is 0 Å². The number of nitrogens with zero attached hydrogens (tertiary/aromatic N) is 3. The van der Waals surface area contributed by atoms with Crippen molar-refractivity contribution < 1.29 is 9.90 Å². The Balaban J connectivity index is 1.42. The molecule has 2 heterocycles. The zero-order valence-corrected chi connectivity index (χ0v) is 21.2. The number of thiazole rings is 1. The Morgan fingerprint density at radius 1 is 0.892 bits per heavy atom. The van der Waals surface area contributed by atoms with Crippen molar-refractivity contribution in [2.75, 3.05) is 5.32 Å². The molecule has 7 heteroatoms. The van der Waals surface area contributed by atoms with Gasteiger partial charge in [0.1, 0.15) is 0 Å². The van der Waals surface area contributed by atoms with E-state index in [9.17, 15) is 4.79 Å². The molecule has 5 aromatic rings. The minimum Gasteiger partial charge on any atom is -0.478 e. The summed E-state index contributed by atoms with van der Waals surface area (Å²) in [5.41, 5.74) is 6.96. The highest BCUT2D eigenvalue weighted by atomic mass is 32.1. The third kappa shape index (κ3) is 6.45. The van der Waals surface area contributed by atoms with E-state index in [1.807, 2.05) is 42.5 Å². The number of benzene rings is 3. The van der Waals surface area contributed by atoms with Gasteiger partial charge >= 0.3 is 5.97 Å². The van der Waals surface area contributed by atoms with E-state index >= 15 is 0 Å². The van der Waals surface area contributed by atoms with Gasteiger partial charge in [0.05, 0.1) is 26.6 Å². The third-order valence-electron chi connectivity index (χ3n) is 5.88. The fourth-order valence-corrected chi connectivity index (χ4v) is 5.08. The molecule has 6 nitrogen and oxygen atoms in total. The van der Waals surface area contributed by atoms with Crippen LogP contribution in [-0.2, 0) is 24.1 Å². The van der Waals surface area contributed by atoms with Crippen LogP contribution in [-0.4, -0.2) is 26.0 Å². The van der Waals surface area contributed by atoms with Gasteiger partial charge in [-0.2, -0.15) is 0 Å². The van der Waals surface area contributed by atoms with Crippen LogP contribution in [0.3, 0.4) is 0 Å². The maximum absolute atomic E-state index is 10.8. The van der Waals surface area contributed by atoms with Crippen LogP contribution in [0.1, 0.15) is 40.0 Å². The largest absolute Gasteiger partial charge is 0.478 e. The van der Waals surface area contributed by atoms with Crippen LogP contribution in [0.25, 0.3) is 16.3 Å². The fourth-order valence-electron chi connectivity index (χ4n) is 4.04. The highest BCUT2D eigenvalue weighted by Gasteiger charge is 2.11. The Bertz CT molecular complexity index is 1560. The molecule has 0 saturated carbocycles. The average molecular weight is 507 g/mol. The number of aryl methyl sites for hydroxylation is 1. The number of aliphatic carboxylic acids is 1. The zero-order valence-electron chi connectivity index (χ0n) is 20.4. The predicted octanol–water partition coefficient (Wildman–Crippen LogP) is 6.67. The molecule has 0 unspecified atom stereocenters. The number of nitrogens with one attached hydrogen (secondary N) is 1. The second kappa shape index (κ2) is 11.1. The molecule has 0 fully saturated rings. The highest BCUT2D eigenvalue weighted by molar-refractivity contribution is 7.18. The standard InChI is InChI=1S/C30H26N4O2S/c1-2-20-10-14-26-27(17-20)37-28(34-26)19-25-18-24(16-22-6-4-3-5-7-22)32-30(33-25)31-23-12-8-21(9-13-23)11-15-29(35)36/h3-15,17-18H,2,16,19H2,1H3,(H,35,36)(H,31,32,33)/b15-11+. The Morgan fingerprint density at radius 2 is 1.65 bits per heavy atom. The summed E-state index contributed by atoms with van der Waals surface area (Å²) in [6, 6.07) is 26.2. The predicted molar refractivity (Wildman–Crippen MR) is 149 cm³/mol. The molecule has 2 N–H and O–H groups in total. The number of rotatable bonds is 9. The van der Waals surface area contributed by atoms with Crippen molar-refractivity contribution in [2.24, 2.45) is 0 Å². The zero-order chi connectivity index (χ0) is 25.6. The number of anilines is 2. The molecule has 184 valence electrons. The molecule has 0 aliphatic carbocycles. The molecule has 0 radical (unpaired) electrons. The van der Waals surface area contributed by atoms with Crippen LogP contribution >= 0.6 is 11.3 Å². The van der Waals surface area contributed by atoms with Gasteiger partial charge in [0.15, 0.2) is 0 Å². The van der Waals surface area contributed by atoms with Gasteiger partial charge in [0, 0.05) is 24.6 Å². The van der Waals surface area contributed by atoms with Gasteiger partial charge in [0.2, 0.25) is 5.95 Å². The van der Waals surface area contributed by atoms with E-state index in [0.29, 0.717) is 18.8 Å². The highest BCUT2D eigenvalue weighted by Crippen LogP contribution is 2.26. The molecular formula is C30H26N4O2S. The lowest BCUT2D eigenvalue weighted by atomic mass is 10.1. The smallest absolute Gasteiger partial charge is 0.328 e. The minimum absolute atomic E-state index is 0.520. The van der Waals surface area contributed by atoms with E-state index in [0.717, 1.165) is 45.7 Å². The summed E-state index contributed by atoms with van der Waals surface area (Å²) in [6.07, 6.45) is 5.00. The molecule has 0 amide bonds. The summed E-state index contributed by atoms with van der Waals surface area (Å²) in [5, 5.41) is 13.2. The molecule has 2 aromatic heterocycles. The van der Waals surface area contributed by atoms with E-state index in [-0.39, 0.29) is 0 Å². The minimum atomic E-state index is -0.975. The average Bonchev–Trinajstić information content (AvgIpc) is 3.30. The number of carbonyl (C=O) groups is 1. The van der Waals surface area contributed by atoms with Crippen molar-refractivity contribution in [3.05, 3.63) is 118 Å². The van der Waals surface area contributed by atoms with Crippen molar-refractivity contribution in [3.63, 3.8) is 0 Å². The first kappa shape index (κ1) is 24.3. The van der Waals surface area contributed by atoms with E-state index in [1.165, 1.54) is 15.8 Å². The van der Waals surface area contributed by atoms with E-state index in [4.69, 9.17) is 20.1 Å². The van der Waals surface area contributed by atoms with Gasteiger partial charge in [-0.1, -0.05) is 55.5 Å². The van der Waals surface area contributed by atoms with Crippen LogP contribution < -0.4 is 5.32 Å². The van der Waals surface area contributed by atoms with Gasteiger partial charge in [-0.25, -0.2) is 19.7 Å². The quantitative estimate of drug-likeness (QED) is 0.217. The van der Waals surface area contributed by atoms with Crippen molar-refractivity contribution in [2.45, 2.75) is 26.2 Å². The SMILES string of the molecule is CCc1ccc2nc(Cc3cc(Cc4ccccc4)nc(Nc4ccc(/C=C/C(=O)O)cc4)n3)sc2c1. The second-order valence-corrected chi connectivity index (χ2v) is 9.81. The van der Waals surface area contributed by atoms with Crippen LogP contribution in [0.4, 0.5) is 11.6 Å². The lowest BCUT2D eigenvalue weighted by Gasteiger charge is -2.10. The van der Waals surface area contributed by atoms with Crippen molar-refractivity contribution in [1.82, 2.24) is 15.0 Å². The number of carboxylic acid groups (broad SMARTS) is 1. The maximum atomic E-state index is 10.8. The molecule has 0 saturated heterocycles.